The minimum Gasteiger partial charge on any atom is -0.481 e. The van der Waals surface area contributed by atoms with Crippen LogP contribution < -0.4 is 15.4 Å². The average molecular weight is 547 g/mol. The highest BCUT2D eigenvalue weighted by atomic mass is 32.2. The van der Waals surface area contributed by atoms with Crippen molar-refractivity contribution in [2.75, 3.05) is 13.1 Å². The summed E-state index contributed by atoms with van der Waals surface area (Å²) in [6, 6.07) is 6.80. The molecule has 1 aliphatic carbocycles. The smallest absolute Gasteiger partial charge is 0.325 e. The van der Waals surface area contributed by atoms with Gasteiger partial charge in [0, 0.05) is 40.5 Å². The first kappa shape index (κ1) is 32.0. The molecule has 8 heteroatoms. The SMILES string of the molecule is CCCCCCCCCC(=O)O.CCCNC(=O)NSc1ccc2[nH]c3c(c2c1)CC(NCC(C)C)CC3. The van der Waals surface area contributed by atoms with E-state index < -0.39 is 5.97 Å². The molecule has 0 aliphatic heterocycles. The van der Waals surface area contributed by atoms with Crippen LogP contribution in [0.25, 0.3) is 10.9 Å². The van der Waals surface area contributed by atoms with E-state index >= 15 is 0 Å². The average Bonchev–Trinajstić information content (AvgIpc) is 3.26. The summed E-state index contributed by atoms with van der Waals surface area (Å²) in [5, 5.41) is 16.2. The lowest BCUT2D eigenvalue weighted by Gasteiger charge is -2.24. The fourth-order valence-corrected chi connectivity index (χ4v) is 5.25. The molecular weight excluding hydrogens is 496 g/mol. The summed E-state index contributed by atoms with van der Waals surface area (Å²) in [4.78, 5) is 26.5. The molecule has 7 nitrogen and oxygen atoms in total. The molecule has 0 bridgehead atoms. The van der Waals surface area contributed by atoms with E-state index in [0.717, 1.165) is 43.5 Å². The Hall–Kier alpha value is -2.19. The molecule has 1 aliphatic rings. The summed E-state index contributed by atoms with van der Waals surface area (Å²) in [6.45, 7) is 10.5. The Balaban J connectivity index is 0.000000358. The van der Waals surface area contributed by atoms with E-state index in [1.165, 1.54) is 72.6 Å². The van der Waals surface area contributed by atoms with Crippen LogP contribution in [0.3, 0.4) is 0 Å². The minimum atomic E-state index is -0.663. The first-order valence-electron chi connectivity index (χ1n) is 14.6. The van der Waals surface area contributed by atoms with Gasteiger partial charge in [0.25, 0.3) is 0 Å². The quantitative estimate of drug-likeness (QED) is 0.120. The molecule has 5 N–H and O–H groups in total. The van der Waals surface area contributed by atoms with Gasteiger partial charge in [0.15, 0.2) is 0 Å². The van der Waals surface area contributed by atoms with Gasteiger partial charge in [-0.1, -0.05) is 66.2 Å². The Labute approximate surface area is 233 Å². The number of aromatic nitrogens is 1. The van der Waals surface area contributed by atoms with Gasteiger partial charge in [-0.3, -0.25) is 9.52 Å². The first-order chi connectivity index (χ1) is 18.3. The highest BCUT2D eigenvalue weighted by molar-refractivity contribution is 7.98. The van der Waals surface area contributed by atoms with Crippen LogP contribution in [0, 0.1) is 5.92 Å². The number of aryl methyl sites for hydroxylation is 1. The summed E-state index contributed by atoms with van der Waals surface area (Å²) in [6.07, 6.45) is 12.9. The van der Waals surface area contributed by atoms with Crippen molar-refractivity contribution in [3.05, 3.63) is 29.5 Å². The fourth-order valence-electron chi connectivity index (χ4n) is 4.65. The maximum absolute atomic E-state index is 11.7. The Morgan fingerprint density at radius 3 is 2.50 bits per heavy atom. The van der Waals surface area contributed by atoms with Crippen LogP contribution in [0.2, 0.25) is 0 Å². The van der Waals surface area contributed by atoms with Crippen LogP contribution in [0.5, 0.6) is 0 Å². The number of carbonyl (C=O) groups is 2. The van der Waals surface area contributed by atoms with Crippen molar-refractivity contribution in [1.82, 2.24) is 20.3 Å². The van der Waals surface area contributed by atoms with Crippen LogP contribution >= 0.6 is 11.9 Å². The summed E-state index contributed by atoms with van der Waals surface area (Å²) < 4.78 is 2.86. The number of carboxylic acid groups (broad SMARTS) is 1. The second-order valence-electron chi connectivity index (χ2n) is 10.8. The molecule has 1 unspecified atom stereocenters. The highest BCUT2D eigenvalue weighted by Gasteiger charge is 2.22. The van der Waals surface area contributed by atoms with Crippen LogP contribution in [0.1, 0.15) is 103 Å². The minimum absolute atomic E-state index is 0.133. The van der Waals surface area contributed by atoms with Gasteiger partial charge in [-0.2, -0.15) is 0 Å². The number of carbonyl (C=O) groups excluding carboxylic acids is 1. The predicted octanol–water partition coefficient (Wildman–Crippen LogP) is 7.20. The number of hydrogen-bond acceptors (Lipinski definition) is 4. The zero-order chi connectivity index (χ0) is 27.8. The van der Waals surface area contributed by atoms with E-state index in [4.69, 9.17) is 5.11 Å². The number of rotatable bonds is 15. The van der Waals surface area contributed by atoms with Crippen LogP contribution in [0.4, 0.5) is 4.79 Å². The van der Waals surface area contributed by atoms with Crippen LogP contribution in [-0.4, -0.2) is 41.2 Å². The standard InChI is InChI=1S/C20H30N4OS.C10H20O2/c1-4-9-21-20(25)24-26-15-6-8-19-17(11-15)16-10-14(22-12-13(2)3)5-7-18(16)23-19;1-2-3-4-5-6-7-8-9-10(11)12/h6,8,11,13-14,22-23H,4-5,7,9-10,12H2,1-3H3,(H2,21,24,25);2-9H2,1H3,(H,11,12). The molecule has 1 aromatic carbocycles. The monoisotopic (exact) mass is 546 g/mol. The van der Waals surface area contributed by atoms with Gasteiger partial charge in [-0.25, -0.2) is 4.79 Å². The molecular formula is C30H50N4O3S. The molecule has 0 radical (unpaired) electrons. The number of carboxylic acids is 1. The molecule has 0 spiro atoms. The highest BCUT2D eigenvalue weighted by Crippen LogP contribution is 2.31. The van der Waals surface area contributed by atoms with Gasteiger partial charge < -0.3 is 20.7 Å². The Morgan fingerprint density at radius 2 is 1.82 bits per heavy atom. The van der Waals surface area contributed by atoms with Crippen molar-refractivity contribution < 1.29 is 14.7 Å². The van der Waals surface area contributed by atoms with Crippen molar-refractivity contribution >= 4 is 34.9 Å². The van der Waals surface area contributed by atoms with Crippen molar-refractivity contribution in [3.8, 4) is 0 Å². The van der Waals surface area contributed by atoms with Crippen molar-refractivity contribution in [2.45, 2.75) is 116 Å². The zero-order valence-electron chi connectivity index (χ0n) is 24.0. The fraction of sp³-hybridized carbons (Fsp3) is 0.667. The largest absolute Gasteiger partial charge is 0.481 e. The second-order valence-corrected chi connectivity index (χ2v) is 11.6. The van der Waals surface area contributed by atoms with Gasteiger partial charge in [0.05, 0.1) is 0 Å². The Bertz CT molecular complexity index is 976. The third-order valence-corrected chi connectivity index (χ3v) is 7.54. The maximum atomic E-state index is 11.7. The van der Waals surface area contributed by atoms with E-state index in [1.807, 2.05) is 6.92 Å². The molecule has 1 aromatic heterocycles. The lowest BCUT2D eigenvalue weighted by Crippen LogP contribution is -2.36. The Kier molecular flexibility index (Phi) is 15.3. The molecule has 0 saturated carbocycles. The van der Waals surface area contributed by atoms with Crippen molar-refractivity contribution in [2.24, 2.45) is 5.92 Å². The summed E-state index contributed by atoms with van der Waals surface area (Å²) >= 11 is 1.37. The molecule has 0 fully saturated rings. The number of amides is 2. The Morgan fingerprint density at radius 1 is 1.08 bits per heavy atom. The van der Waals surface area contributed by atoms with Gasteiger partial charge >= 0.3 is 12.0 Å². The maximum Gasteiger partial charge on any atom is 0.325 e. The summed E-state index contributed by atoms with van der Waals surface area (Å²) in [5.74, 6) is 0.0101. The second kappa shape index (κ2) is 18.2. The number of fused-ring (bicyclic) bond motifs is 3. The molecule has 2 aromatic rings. The van der Waals surface area contributed by atoms with E-state index in [1.54, 1.807) is 0 Å². The number of aromatic amines is 1. The van der Waals surface area contributed by atoms with E-state index in [2.05, 4.69) is 59.3 Å². The molecule has 214 valence electrons. The molecule has 1 heterocycles. The third kappa shape index (κ3) is 12.1. The summed E-state index contributed by atoms with van der Waals surface area (Å²) in [5.41, 5.74) is 4.00. The molecule has 1 atom stereocenters. The number of hydrogen-bond donors (Lipinski definition) is 5. The predicted molar refractivity (Wildman–Crippen MR) is 160 cm³/mol. The van der Waals surface area contributed by atoms with Gasteiger partial charge in [0.2, 0.25) is 0 Å². The van der Waals surface area contributed by atoms with E-state index in [0.29, 0.717) is 24.9 Å². The van der Waals surface area contributed by atoms with Gasteiger partial charge in [-0.15, -0.1) is 0 Å². The first-order valence-corrected chi connectivity index (χ1v) is 15.4. The zero-order valence-corrected chi connectivity index (χ0v) is 24.8. The molecule has 3 rings (SSSR count). The normalized spacial score (nSPS) is 14.6. The van der Waals surface area contributed by atoms with Crippen molar-refractivity contribution in [3.63, 3.8) is 0 Å². The molecule has 2 amide bonds. The van der Waals surface area contributed by atoms with Gasteiger partial charge in [-0.05, 0) is 80.3 Å². The van der Waals surface area contributed by atoms with Crippen LogP contribution in [0.15, 0.2) is 23.1 Å². The van der Waals surface area contributed by atoms with E-state index in [9.17, 15) is 9.59 Å². The number of H-pyrrole nitrogens is 1. The lowest BCUT2D eigenvalue weighted by molar-refractivity contribution is -0.137. The third-order valence-electron chi connectivity index (χ3n) is 6.77. The number of urea groups is 1. The molecule has 0 saturated heterocycles. The number of unbranched alkanes of at least 4 members (excludes halogenated alkanes) is 6. The summed E-state index contributed by atoms with van der Waals surface area (Å²) in [7, 11) is 0. The molecule has 38 heavy (non-hydrogen) atoms. The van der Waals surface area contributed by atoms with Gasteiger partial charge in [0.1, 0.15) is 0 Å². The number of aliphatic carboxylic acids is 1. The van der Waals surface area contributed by atoms with Crippen molar-refractivity contribution in [1.29, 1.82) is 0 Å². The van der Waals surface area contributed by atoms with E-state index in [-0.39, 0.29) is 6.03 Å². The lowest BCUT2D eigenvalue weighted by atomic mass is 9.91. The van der Waals surface area contributed by atoms with Crippen LogP contribution in [-0.2, 0) is 17.6 Å². The number of benzene rings is 1. The number of nitrogens with one attached hydrogen (secondary N) is 4. The topological polar surface area (TPSA) is 106 Å².